The highest BCUT2D eigenvalue weighted by atomic mass is 35.5. The molecule has 1 heterocycles. The third-order valence-corrected chi connectivity index (χ3v) is 4.67. The Kier molecular flexibility index (Phi) is 8.40. The Morgan fingerprint density at radius 3 is 2.50 bits per heavy atom. The molecule has 0 aliphatic rings. The van der Waals surface area contributed by atoms with Crippen molar-refractivity contribution in [1.29, 1.82) is 0 Å². The van der Waals surface area contributed by atoms with Crippen LogP contribution in [0.1, 0.15) is 26.5 Å². The first-order valence-electron chi connectivity index (χ1n) is 9.58. The third-order valence-electron chi connectivity index (χ3n) is 4.35. The number of methoxy groups -OCH3 is 2. The van der Waals surface area contributed by atoms with Gasteiger partial charge in [0.2, 0.25) is 11.8 Å². The first kappa shape index (κ1) is 23.9. The van der Waals surface area contributed by atoms with Crippen LogP contribution in [0.25, 0.3) is 5.69 Å². The van der Waals surface area contributed by atoms with Crippen LogP contribution in [-0.4, -0.2) is 67.0 Å². The van der Waals surface area contributed by atoms with Crippen LogP contribution in [0.2, 0.25) is 5.02 Å². The largest absolute Gasteiger partial charge is 0.383 e. The number of para-hydroxylation sites is 1. The predicted molar refractivity (Wildman–Crippen MR) is 116 cm³/mol. The lowest BCUT2D eigenvalue weighted by Crippen LogP contribution is -2.41. The number of carbonyl (C=O) groups excluding carboxylic acids is 2. The van der Waals surface area contributed by atoms with Crippen LogP contribution in [0, 0.1) is 0 Å². The molecule has 2 rings (SSSR count). The Hall–Kier alpha value is -2.42. The summed E-state index contributed by atoms with van der Waals surface area (Å²) in [5.74, 6) is -0.173. The maximum atomic E-state index is 12.8. The molecule has 0 fully saturated rings. The van der Waals surface area contributed by atoms with Gasteiger partial charge in [0.25, 0.3) is 0 Å². The summed E-state index contributed by atoms with van der Waals surface area (Å²) in [5, 5.41) is 8.02. The van der Waals surface area contributed by atoms with Crippen LogP contribution in [0.4, 0.5) is 5.82 Å². The van der Waals surface area contributed by atoms with Gasteiger partial charge in [0.1, 0.15) is 19.0 Å². The number of hydrogen-bond acceptors (Lipinski definition) is 5. The Bertz CT molecular complexity index is 876. The van der Waals surface area contributed by atoms with Gasteiger partial charge in [0.15, 0.2) is 0 Å². The second-order valence-electron chi connectivity index (χ2n) is 7.82. The van der Waals surface area contributed by atoms with Crippen molar-refractivity contribution in [2.24, 2.45) is 0 Å². The van der Waals surface area contributed by atoms with Gasteiger partial charge in [-0.3, -0.25) is 9.59 Å². The molecule has 0 aliphatic heterocycles. The molecule has 9 heteroatoms. The summed E-state index contributed by atoms with van der Waals surface area (Å²) in [5.41, 5.74) is 1.21. The van der Waals surface area contributed by atoms with Crippen molar-refractivity contribution in [2.75, 3.05) is 45.8 Å². The highest BCUT2D eigenvalue weighted by Gasteiger charge is 2.23. The van der Waals surface area contributed by atoms with Gasteiger partial charge in [-0.25, -0.2) is 4.68 Å². The van der Waals surface area contributed by atoms with Crippen molar-refractivity contribution in [3.63, 3.8) is 0 Å². The molecule has 0 atom stereocenters. The number of halogens is 1. The second-order valence-corrected chi connectivity index (χ2v) is 8.22. The van der Waals surface area contributed by atoms with E-state index in [0.717, 1.165) is 5.69 Å². The number of nitrogens with zero attached hydrogens (tertiary/aromatic N) is 3. The van der Waals surface area contributed by atoms with Gasteiger partial charge in [-0.05, 0) is 12.1 Å². The number of hydrogen-bond donors (Lipinski definition) is 1. The maximum absolute atomic E-state index is 12.8. The van der Waals surface area contributed by atoms with Crippen LogP contribution < -0.4 is 5.32 Å². The smallest absolute Gasteiger partial charge is 0.249 e. The fraction of sp³-hybridized carbons (Fsp3) is 0.476. The zero-order valence-electron chi connectivity index (χ0n) is 18.1. The van der Waals surface area contributed by atoms with Crippen molar-refractivity contribution in [2.45, 2.75) is 26.2 Å². The number of anilines is 1. The average molecular weight is 437 g/mol. The van der Waals surface area contributed by atoms with Crippen molar-refractivity contribution in [1.82, 2.24) is 14.7 Å². The minimum absolute atomic E-state index is 0.108. The molecule has 2 aromatic rings. The quantitative estimate of drug-likeness (QED) is 0.653. The van der Waals surface area contributed by atoms with Crippen molar-refractivity contribution in [3.8, 4) is 5.69 Å². The van der Waals surface area contributed by atoms with Gasteiger partial charge in [0, 0.05) is 32.2 Å². The Morgan fingerprint density at radius 2 is 1.90 bits per heavy atom. The van der Waals surface area contributed by atoms with E-state index in [9.17, 15) is 9.59 Å². The van der Waals surface area contributed by atoms with Crippen molar-refractivity contribution in [3.05, 3.63) is 41.0 Å². The van der Waals surface area contributed by atoms with Crippen LogP contribution in [-0.2, 0) is 24.5 Å². The molecule has 0 unspecified atom stereocenters. The van der Waals surface area contributed by atoms with E-state index in [1.807, 2.05) is 45.0 Å². The highest BCUT2D eigenvalue weighted by molar-refractivity contribution is 6.32. The molecule has 0 saturated carbocycles. The molecule has 30 heavy (non-hydrogen) atoms. The van der Waals surface area contributed by atoms with E-state index in [4.69, 9.17) is 21.1 Å². The number of benzene rings is 1. The molecule has 2 amide bonds. The molecule has 0 bridgehead atoms. The summed E-state index contributed by atoms with van der Waals surface area (Å²) < 4.78 is 11.5. The number of ether oxygens (including phenoxy) is 2. The summed E-state index contributed by atoms with van der Waals surface area (Å²) in [6, 6.07) is 9.08. The standard InChI is InChI=1S/C21H29ClN4O4/c1-21(2,3)17-12-18(26(24-17)16-9-7-6-8-15(16)22)23-19(27)13-25(10-11-29-4)20(28)14-30-5/h6-9,12H,10-11,13-14H2,1-5H3,(H,23,27). The van der Waals surface area contributed by atoms with E-state index in [2.05, 4.69) is 10.4 Å². The topological polar surface area (TPSA) is 85.7 Å². The normalized spacial score (nSPS) is 11.4. The molecule has 8 nitrogen and oxygen atoms in total. The van der Waals surface area contributed by atoms with E-state index < -0.39 is 0 Å². The molecule has 0 spiro atoms. The first-order valence-corrected chi connectivity index (χ1v) is 9.96. The van der Waals surface area contributed by atoms with E-state index >= 15 is 0 Å². The fourth-order valence-corrected chi connectivity index (χ4v) is 2.92. The molecular weight excluding hydrogens is 408 g/mol. The van der Waals surface area contributed by atoms with Gasteiger partial charge >= 0.3 is 0 Å². The number of nitrogens with one attached hydrogen (secondary N) is 1. The minimum Gasteiger partial charge on any atom is -0.383 e. The highest BCUT2D eigenvalue weighted by Crippen LogP contribution is 2.29. The molecule has 1 N–H and O–H groups in total. The Labute approximate surface area is 182 Å². The molecule has 164 valence electrons. The molecule has 0 saturated heterocycles. The Morgan fingerprint density at radius 1 is 1.20 bits per heavy atom. The average Bonchev–Trinajstić information content (AvgIpc) is 3.09. The second kappa shape index (κ2) is 10.6. The molecule has 0 radical (unpaired) electrons. The summed E-state index contributed by atoms with van der Waals surface area (Å²) in [6.45, 7) is 6.46. The molecule has 0 aliphatic carbocycles. The number of aromatic nitrogens is 2. The van der Waals surface area contributed by atoms with E-state index in [-0.39, 0.29) is 36.9 Å². The van der Waals surface area contributed by atoms with Crippen molar-refractivity contribution >= 4 is 29.2 Å². The SMILES string of the molecule is COCCN(CC(=O)Nc1cc(C(C)(C)C)nn1-c1ccccc1Cl)C(=O)COC. The third kappa shape index (κ3) is 6.29. The van der Waals surface area contributed by atoms with E-state index in [0.29, 0.717) is 23.1 Å². The lowest BCUT2D eigenvalue weighted by atomic mass is 9.92. The lowest BCUT2D eigenvalue weighted by Gasteiger charge is -2.21. The molecule has 1 aromatic carbocycles. The lowest BCUT2D eigenvalue weighted by molar-refractivity contribution is -0.138. The number of rotatable bonds is 9. The maximum Gasteiger partial charge on any atom is 0.249 e. The number of amides is 2. The van der Waals surface area contributed by atoms with Crippen LogP contribution >= 0.6 is 11.6 Å². The number of carbonyl (C=O) groups is 2. The summed E-state index contributed by atoms with van der Waals surface area (Å²) in [4.78, 5) is 26.4. The van der Waals surface area contributed by atoms with Crippen LogP contribution in [0.3, 0.4) is 0 Å². The zero-order chi connectivity index (χ0) is 22.3. The summed E-state index contributed by atoms with van der Waals surface area (Å²) in [7, 11) is 2.97. The summed E-state index contributed by atoms with van der Waals surface area (Å²) >= 11 is 6.35. The monoisotopic (exact) mass is 436 g/mol. The van der Waals surface area contributed by atoms with Crippen molar-refractivity contribution < 1.29 is 19.1 Å². The van der Waals surface area contributed by atoms with Crippen LogP contribution in [0.5, 0.6) is 0 Å². The molecule has 1 aromatic heterocycles. The Balaban J connectivity index is 2.29. The minimum atomic E-state index is -0.357. The van der Waals surface area contributed by atoms with Gasteiger partial charge in [-0.1, -0.05) is 44.5 Å². The van der Waals surface area contributed by atoms with E-state index in [1.54, 1.807) is 10.7 Å². The van der Waals surface area contributed by atoms with E-state index in [1.165, 1.54) is 19.1 Å². The van der Waals surface area contributed by atoms with Gasteiger partial charge in [-0.15, -0.1) is 0 Å². The van der Waals surface area contributed by atoms with Gasteiger partial charge in [0.05, 0.1) is 23.0 Å². The first-order chi connectivity index (χ1) is 14.2. The van der Waals surface area contributed by atoms with Crippen LogP contribution in [0.15, 0.2) is 30.3 Å². The fourth-order valence-electron chi connectivity index (χ4n) is 2.71. The zero-order valence-corrected chi connectivity index (χ0v) is 18.8. The van der Waals surface area contributed by atoms with Gasteiger partial charge < -0.3 is 19.7 Å². The summed E-state index contributed by atoms with van der Waals surface area (Å²) in [6.07, 6.45) is 0. The van der Waals surface area contributed by atoms with Gasteiger partial charge in [-0.2, -0.15) is 5.10 Å². The predicted octanol–water partition coefficient (Wildman–Crippen LogP) is 2.88. The molecular formula is C21H29ClN4O4.